The molecule has 1 saturated heterocycles. The molecule has 3 aromatic rings. The standard InChI is InChI=1S/C28H32Cl2N6O3/c1-33(2)11-12-36(28(38)23-8-7-21(29)18-24(23)30)19-27(37)35-15-13-34(14-16-35)26-10-9-25(31-32-26)20-5-4-6-22(17-20)39-3/h4-10,17-18H,11-16,19H2,1-3H3. The number of methoxy groups -OCH3 is 1. The van der Waals surface area contributed by atoms with Gasteiger partial charge in [0.05, 0.1) is 23.4 Å². The van der Waals surface area contributed by atoms with E-state index in [4.69, 9.17) is 27.9 Å². The fraction of sp³-hybridized carbons (Fsp3) is 0.357. The first-order valence-electron chi connectivity index (χ1n) is 12.6. The lowest BCUT2D eigenvalue weighted by Crippen LogP contribution is -2.52. The number of carbonyl (C=O) groups is 2. The van der Waals surface area contributed by atoms with Crippen molar-refractivity contribution >= 4 is 40.8 Å². The highest BCUT2D eigenvalue weighted by Gasteiger charge is 2.27. The van der Waals surface area contributed by atoms with Gasteiger partial charge in [-0.05, 0) is 56.6 Å². The smallest absolute Gasteiger partial charge is 0.255 e. The van der Waals surface area contributed by atoms with E-state index in [1.165, 1.54) is 6.07 Å². The summed E-state index contributed by atoms with van der Waals surface area (Å²) in [6.07, 6.45) is 0. The van der Waals surface area contributed by atoms with Crippen LogP contribution in [0.25, 0.3) is 11.3 Å². The molecular weight excluding hydrogens is 539 g/mol. The molecule has 1 fully saturated rings. The van der Waals surface area contributed by atoms with Gasteiger partial charge in [-0.1, -0.05) is 35.3 Å². The number of nitrogens with zero attached hydrogens (tertiary/aromatic N) is 6. The van der Waals surface area contributed by atoms with E-state index in [0.29, 0.717) is 49.9 Å². The Labute approximate surface area is 238 Å². The van der Waals surface area contributed by atoms with Gasteiger partial charge in [-0.3, -0.25) is 9.59 Å². The van der Waals surface area contributed by atoms with Gasteiger partial charge in [-0.15, -0.1) is 10.2 Å². The number of hydrogen-bond acceptors (Lipinski definition) is 7. The summed E-state index contributed by atoms with van der Waals surface area (Å²) < 4.78 is 5.29. The van der Waals surface area contributed by atoms with Gasteiger partial charge in [0.2, 0.25) is 5.91 Å². The maximum Gasteiger partial charge on any atom is 0.255 e. The SMILES string of the molecule is COc1cccc(-c2ccc(N3CCN(C(=O)CN(CCN(C)C)C(=O)c4ccc(Cl)cc4Cl)CC3)nn2)c1. The summed E-state index contributed by atoms with van der Waals surface area (Å²) >= 11 is 12.3. The monoisotopic (exact) mass is 570 g/mol. The molecule has 0 radical (unpaired) electrons. The third-order valence-electron chi connectivity index (χ3n) is 6.56. The van der Waals surface area contributed by atoms with Crippen molar-refractivity contribution in [1.82, 2.24) is 24.9 Å². The number of rotatable bonds is 9. The van der Waals surface area contributed by atoms with Crippen LogP contribution in [0.4, 0.5) is 5.82 Å². The van der Waals surface area contributed by atoms with Gasteiger partial charge in [0, 0.05) is 49.9 Å². The summed E-state index contributed by atoms with van der Waals surface area (Å²) in [6, 6.07) is 16.3. The van der Waals surface area contributed by atoms with Crippen LogP contribution in [0, 0.1) is 0 Å². The van der Waals surface area contributed by atoms with Crippen molar-refractivity contribution in [3.63, 3.8) is 0 Å². The number of anilines is 1. The third kappa shape index (κ3) is 7.38. The number of hydrogen-bond donors (Lipinski definition) is 0. The lowest BCUT2D eigenvalue weighted by atomic mass is 10.1. The molecule has 0 unspecified atom stereocenters. The highest BCUT2D eigenvalue weighted by molar-refractivity contribution is 6.36. The van der Waals surface area contributed by atoms with Crippen LogP contribution in [0.15, 0.2) is 54.6 Å². The van der Waals surface area contributed by atoms with Crippen LogP contribution in [0.5, 0.6) is 5.75 Å². The molecule has 1 aromatic heterocycles. The van der Waals surface area contributed by atoms with E-state index in [1.807, 2.05) is 55.4 Å². The molecule has 2 heterocycles. The Morgan fingerprint density at radius 2 is 1.72 bits per heavy atom. The minimum absolute atomic E-state index is 0.0271. The average molecular weight is 572 g/mol. The molecule has 4 rings (SSSR count). The Morgan fingerprint density at radius 3 is 2.36 bits per heavy atom. The van der Waals surface area contributed by atoms with Gasteiger partial charge in [-0.25, -0.2) is 0 Å². The Hall–Kier alpha value is -3.40. The number of likely N-dealkylation sites (N-methyl/N-ethyl adjacent to an activating group) is 1. The number of amides is 2. The second kappa shape index (κ2) is 13.1. The average Bonchev–Trinajstić information content (AvgIpc) is 2.95. The van der Waals surface area contributed by atoms with Crippen LogP contribution >= 0.6 is 23.2 Å². The quantitative estimate of drug-likeness (QED) is 0.387. The molecule has 0 bridgehead atoms. The molecule has 1 aliphatic rings. The van der Waals surface area contributed by atoms with E-state index >= 15 is 0 Å². The van der Waals surface area contributed by atoms with Crippen LogP contribution in [0.1, 0.15) is 10.4 Å². The Kier molecular flexibility index (Phi) is 9.61. The maximum absolute atomic E-state index is 13.3. The molecule has 0 atom stereocenters. The number of halogens is 2. The molecule has 11 heteroatoms. The van der Waals surface area contributed by atoms with Crippen molar-refractivity contribution in [3.05, 3.63) is 70.2 Å². The number of aromatic nitrogens is 2. The molecule has 0 N–H and O–H groups in total. The van der Waals surface area contributed by atoms with Crippen molar-refractivity contribution in [2.24, 2.45) is 0 Å². The van der Waals surface area contributed by atoms with E-state index in [1.54, 1.807) is 29.0 Å². The molecular formula is C28H32Cl2N6O3. The number of piperazine rings is 1. The van der Waals surface area contributed by atoms with Gasteiger partial charge < -0.3 is 24.3 Å². The minimum atomic E-state index is -0.295. The van der Waals surface area contributed by atoms with Crippen molar-refractivity contribution in [2.75, 3.05) is 71.9 Å². The summed E-state index contributed by atoms with van der Waals surface area (Å²) in [5.41, 5.74) is 2.01. The van der Waals surface area contributed by atoms with Crippen molar-refractivity contribution in [2.45, 2.75) is 0 Å². The Morgan fingerprint density at radius 1 is 0.949 bits per heavy atom. The fourth-order valence-corrected chi connectivity index (χ4v) is 4.77. The molecule has 0 spiro atoms. The number of ether oxygens (including phenoxy) is 1. The zero-order valence-electron chi connectivity index (χ0n) is 22.3. The summed E-state index contributed by atoms with van der Waals surface area (Å²) in [5.74, 6) is 1.12. The van der Waals surface area contributed by atoms with Gasteiger partial charge in [0.25, 0.3) is 5.91 Å². The molecule has 2 aromatic carbocycles. The van der Waals surface area contributed by atoms with E-state index < -0.39 is 0 Å². The molecule has 39 heavy (non-hydrogen) atoms. The molecule has 1 aliphatic heterocycles. The van der Waals surface area contributed by atoms with Gasteiger partial charge in [-0.2, -0.15) is 0 Å². The predicted molar refractivity (Wildman–Crippen MR) is 154 cm³/mol. The second-order valence-electron chi connectivity index (χ2n) is 9.53. The maximum atomic E-state index is 13.3. The number of carbonyl (C=O) groups excluding carboxylic acids is 2. The molecule has 206 valence electrons. The Bertz CT molecular complexity index is 1300. The second-order valence-corrected chi connectivity index (χ2v) is 10.4. The van der Waals surface area contributed by atoms with Gasteiger partial charge in [0.1, 0.15) is 12.3 Å². The zero-order chi connectivity index (χ0) is 27.9. The third-order valence-corrected chi connectivity index (χ3v) is 7.11. The molecule has 2 amide bonds. The largest absolute Gasteiger partial charge is 0.497 e. The van der Waals surface area contributed by atoms with E-state index in [9.17, 15) is 9.59 Å². The number of benzene rings is 2. The summed E-state index contributed by atoms with van der Waals surface area (Å²) in [6.45, 7) is 3.26. The van der Waals surface area contributed by atoms with E-state index in [-0.39, 0.29) is 23.4 Å². The van der Waals surface area contributed by atoms with Crippen molar-refractivity contribution < 1.29 is 14.3 Å². The lowest BCUT2D eigenvalue weighted by Gasteiger charge is -2.36. The molecule has 0 aliphatic carbocycles. The first kappa shape index (κ1) is 28.6. The van der Waals surface area contributed by atoms with Crippen LogP contribution in [0.2, 0.25) is 10.0 Å². The van der Waals surface area contributed by atoms with E-state index in [0.717, 1.165) is 22.8 Å². The fourth-order valence-electron chi connectivity index (χ4n) is 4.28. The normalized spacial score (nSPS) is 13.5. The highest BCUT2D eigenvalue weighted by Crippen LogP contribution is 2.24. The topological polar surface area (TPSA) is 82.1 Å². The summed E-state index contributed by atoms with van der Waals surface area (Å²) in [5, 5.41) is 9.52. The van der Waals surface area contributed by atoms with Gasteiger partial charge in [0.15, 0.2) is 5.82 Å². The van der Waals surface area contributed by atoms with Gasteiger partial charge >= 0.3 is 0 Å². The minimum Gasteiger partial charge on any atom is -0.497 e. The lowest BCUT2D eigenvalue weighted by molar-refractivity contribution is -0.132. The highest BCUT2D eigenvalue weighted by atomic mass is 35.5. The zero-order valence-corrected chi connectivity index (χ0v) is 23.8. The summed E-state index contributed by atoms with van der Waals surface area (Å²) in [4.78, 5) is 33.9. The van der Waals surface area contributed by atoms with Crippen molar-refractivity contribution in [3.8, 4) is 17.0 Å². The van der Waals surface area contributed by atoms with Crippen LogP contribution in [0.3, 0.4) is 0 Å². The van der Waals surface area contributed by atoms with Crippen LogP contribution in [-0.2, 0) is 4.79 Å². The van der Waals surface area contributed by atoms with Crippen LogP contribution in [-0.4, -0.2) is 104 Å². The summed E-state index contributed by atoms with van der Waals surface area (Å²) in [7, 11) is 5.48. The predicted octanol–water partition coefficient (Wildman–Crippen LogP) is 3.81. The Balaban J connectivity index is 1.37. The molecule has 9 nitrogen and oxygen atoms in total. The van der Waals surface area contributed by atoms with Crippen molar-refractivity contribution in [1.29, 1.82) is 0 Å². The first-order chi connectivity index (χ1) is 18.7. The van der Waals surface area contributed by atoms with E-state index in [2.05, 4.69) is 15.1 Å². The first-order valence-corrected chi connectivity index (χ1v) is 13.4. The molecule has 0 saturated carbocycles. The van der Waals surface area contributed by atoms with Crippen LogP contribution < -0.4 is 9.64 Å².